The highest BCUT2D eigenvalue weighted by molar-refractivity contribution is 5.91. The fourth-order valence-electron chi connectivity index (χ4n) is 2.70. The highest BCUT2D eigenvalue weighted by Gasteiger charge is 2.22. The minimum Gasteiger partial charge on any atom is -0.459 e. The van der Waals surface area contributed by atoms with Gasteiger partial charge in [0.25, 0.3) is 5.91 Å². The minimum absolute atomic E-state index is 0.0109. The second-order valence-corrected chi connectivity index (χ2v) is 5.42. The predicted octanol–water partition coefficient (Wildman–Crippen LogP) is 1.36. The van der Waals surface area contributed by atoms with E-state index in [-0.39, 0.29) is 5.91 Å². The molecule has 1 aliphatic rings. The number of aromatic nitrogens is 2. The molecule has 2 aromatic heterocycles. The molecule has 0 atom stereocenters. The number of carbonyl (C=O) groups is 1. The molecule has 6 nitrogen and oxygen atoms in total. The van der Waals surface area contributed by atoms with Crippen LogP contribution in [0.4, 0.5) is 0 Å². The molecular weight excluding hydrogens is 268 g/mol. The van der Waals surface area contributed by atoms with Crippen LogP contribution in [0.2, 0.25) is 0 Å². The van der Waals surface area contributed by atoms with Crippen LogP contribution in [0.15, 0.2) is 35.2 Å². The molecule has 0 aromatic carbocycles. The maximum Gasteiger partial charge on any atom is 0.289 e. The van der Waals surface area contributed by atoms with Crippen molar-refractivity contribution in [2.45, 2.75) is 13.0 Å². The number of amides is 1. The van der Waals surface area contributed by atoms with E-state index in [9.17, 15) is 4.79 Å². The fraction of sp³-hybridized carbons (Fsp3) is 0.467. The van der Waals surface area contributed by atoms with Crippen molar-refractivity contribution in [3.8, 4) is 0 Å². The van der Waals surface area contributed by atoms with Crippen LogP contribution in [0.3, 0.4) is 0 Å². The van der Waals surface area contributed by atoms with E-state index in [1.807, 2.05) is 29.0 Å². The van der Waals surface area contributed by atoms with E-state index in [0.717, 1.165) is 39.1 Å². The van der Waals surface area contributed by atoms with E-state index in [1.54, 1.807) is 18.4 Å². The smallest absolute Gasteiger partial charge is 0.289 e. The van der Waals surface area contributed by atoms with E-state index in [0.29, 0.717) is 5.76 Å². The van der Waals surface area contributed by atoms with Gasteiger partial charge in [0.1, 0.15) is 0 Å². The van der Waals surface area contributed by atoms with Gasteiger partial charge >= 0.3 is 0 Å². The van der Waals surface area contributed by atoms with Crippen molar-refractivity contribution < 1.29 is 9.21 Å². The summed E-state index contributed by atoms with van der Waals surface area (Å²) in [6.45, 7) is 4.28. The molecule has 3 heterocycles. The third kappa shape index (κ3) is 3.33. The van der Waals surface area contributed by atoms with Crippen molar-refractivity contribution >= 4 is 5.91 Å². The number of aryl methyl sites for hydroxylation is 1. The standard InChI is InChI=1S/C15H20N4O2/c1-17-11-13(10-16-17)12-18-5-3-6-19(8-7-18)15(20)14-4-2-9-21-14/h2,4,9-11H,3,5-8,12H2,1H3. The zero-order valence-electron chi connectivity index (χ0n) is 12.2. The highest BCUT2D eigenvalue weighted by atomic mass is 16.3. The number of furan rings is 1. The summed E-state index contributed by atoms with van der Waals surface area (Å²) in [5, 5.41) is 4.20. The molecule has 2 aromatic rings. The number of hydrogen-bond donors (Lipinski definition) is 0. The Hall–Kier alpha value is -2.08. The average molecular weight is 288 g/mol. The van der Waals surface area contributed by atoms with Gasteiger partial charge in [-0.1, -0.05) is 0 Å². The van der Waals surface area contributed by atoms with Gasteiger partial charge in [-0.15, -0.1) is 0 Å². The summed E-state index contributed by atoms with van der Waals surface area (Å²) in [4.78, 5) is 16.5. The van der Waals surface area contributed by atoms with Gasteiger partial charge in [-0.3, -0.25) is 14.4 Å². The normalized spacial score (nSPS) is 16.9. The van der Waals surface area contributed by atoms with Crippen LogP contribution in [0.5, 0.6) is 0 Å². The first-order valence-corrected chi connectivity index (χ1v) is 7.25. The Morgan fingerprint density at radius 3 is 2.95 bits per heavy atom. The lowest BCUT2D eigenvalue weighted by molar-refractivity contribution is 0.0729. The highest BCUT2D eigenvalue weighted by Crippen LogP contribution is 2.12. The summed E-state index contributed by atoms with van der Waals surface area (Å²) in [5.41, 5.74) is 1.21. The molecule has 0 radical (unpaired) electrons. The molecule has 1 fully saturated rings. The average Bonchev–Trinajstić information content (AvgIpc) is 3.08. The third-order valence-corrected chi connectivity index (χ3v) is 3.77. The molecule has 21 heavy (non-hydrogen) atoms. The Labute approximate surface area is 123 Å². The Morgan fingerprint density at radius 2 is 2.24 bits per heavy atom. The van der Waals surface area contributed by atoms with E-state index < -0.39 is 0 Å². The van der Waals surface area contributed by atoms with Crippen molar-refractivity contribution in [2.24, 2.45) is 7.05 Å². The summed E-state index contributed by atoms with van der Waals surface area (Å²) < 4.78 is 7.02. The van der Waals surface area contributed by atoms with Gasteiger partial charge in [-0.2, -0.15) is 5.10 Å². The summed E-state index contributed by atoms with van der Waals surface area (Å²) in [6.07, 6.45) is 6.46. The molecule has 0 saturated carbocycles. The molecule has 0 spiro atoms. The summed E-state index contributed by atoms with van der Waals surface area (Å²) >= 11 is 0. The van der Waals surface area contributed by atoms with Crippen LogP contribution in [0, 0.1) is 0 Å². The molecule has 0 unspecified atom stereocenters. The Balaban J connectivity index is 1.58. The minimum atomic E-state index is -0.0109. The van der Waals surface area contributed by atoms with E-state index in [2.05, 4.69) is 10.00 Å². The summed E-state index contributed by atoms with van der Waals surface area (Å²) in [7, 11) is 1.93. The molecule has 1 amide bonds. The third-order valence-electron chi connectivity index (χ3n) is 3.77. The van der Waals surface area contributed by atoms with Gasteiger partial charge in [0.2, 0.25) is 0 Å². The van der Waals surface area contributed by atoms with Crippen molar-refractivity contribution in [2.75, 3.05) is 26.2 Å². The number of rotatable bonds is 3. The van der Waals surface area contributed by atoms with Gasteiger partial charge in [-0.05, 0) is 18.6 Å². The quantitative estimate of drug-likeness (QED) is 0.856. The van der Waals surface area contributed by atoms with Gasteiger partial charge in [0.05, 0.1) is 12.5 Å². The molecule has 0 aliphatic carbocycles. The monoisotopic (exact) mass is 288 g/mol. The molecule has 6 heteroatoms. The van der Waals surface area contributed by atoms with Crippen LogP contribution in [0.1, 0.15) is 22.5 Å². The van der Waals surface area contributed by atoms with Crippen molar-refractivity contribution in [3.05, 3.63) is 42.1 Å². The largest absolute Gasteiger partial charge is 0.459 e. The topological polar surface area (TPSA) is 54.5 Å². The van der Waals surface area contributed by atoms with E-state index >= 15 is 0 Å². The lowest BCUT2D eigenvalue weighted by atomic mass is 10.3. The first kappa shape index (κ1) is 13.9. The van der Waals surface area contributed by atoms with Crippen molar-refractivity contribution in [1.29, 1.82) is 0 Å². The molecule has 0 N–H and O–H groups in total. The van der Waals surface area contributed by atoms with E-state index in [1.165, 1.54) is 5.56 Å². The van der Waals surface area contributed by atoms with Crippen LogP contribution in [-0.4, -0.2) is 51.7 Å². The molecule has 1 saturated heterocycles. The Morgan fingerprint density at radius 1 is 1.33 bits per heavy atom. The summed E-state index contributed by atoms with van der Waals surface area (Å²) in [5.74, 6) is 0.416. The molecule has 112 valence electrons. The fourth-order valence-corrected chi connectivity index (χ4v) is 2.70. The molecule has 1 aliphatic heterocycles. The van der Waals surface area contributed by atoms with Crippen LogP contribution in [0.25, 0.3) is 0 Å². The zero-order chi connectivity index (χ0) is 14.7. The van der Waals surface area contributed by atoms with Crippen molar-refractivity contribution in [1.82, 2.24) is 19.6 Å². The van der Waals surface area contributed by atoms with E-state index in [4.69, 9.17) is 4.42 Å². The second kappa shape index (κ2) is 6.13. The lowest BCUT2D eigenvalue weighted by Crippen LogP contribution is -2.34. The van der Waals surface area contributed by atoms with Gasteiger partial charge in [0, 0.05) is 51.5 Å². The number of carbonyl (C=O) groups excluding carboxylic acids is 1. The second-order valence-electron chi connectivity index (χ2n) is 5.42. The van der Waals surface area contributed by atoms with Gasteiger partial charge in [-0.25, -0.2) is 0 Å². The first-order chi connectivity index (χ1) is 10.2. The number of nitrogens with zero attached hydrogens (tertiary/aromatic N) is 4. The summed E-state index contributed by atoms with van der Waals surface area (Å²) in [6, 6.07) is 3.47. The van der Waals surface area contributed by atoms with Crippen LogP contribution in [-0.2, 0) is 13.6 Å². The molecule has 3 rings (SSSR count). The molecule has 0 bridgehead atoms. The maximum absolute atomic E-state index is 12.3. The molecular formula is C15H20N4O2. The SMILES string of the molecule is Cn1cc(CN2CCCN(C(=O)c3ccco3)CC2)cn1. The lowest BCUT2D eigenvalue weighted by Gasteiger charge is -2.20. The maximum atomic E-state index is 12.3. The van der Waals surface area contributed by atoms with Crippen molar-refractivity contribution in [3.63, 3.8) is 0 Å². The Bertz CT molecular complexity index is 591. The van der Waals surface area contributed by atoms with Crippen LogP contribution >= 0.6 is 0 Å². The first-order valence-electron chi connectivity index (χ1n) is 7.25. The van der Waals surface area contributed by atoms with Gasteiger partial charge < -0.3 is 9.32 Å². The van der Waals surface area contributed by atoms with Gasteiger partial charge in [0.15, 0.2) is 5.76 Å². The van der Waals surface area contributed by atoms with Crippen LogP contribution < -0.4 is 0 Å². The number of hydrogen-bond acceptors (Lipinski definition) is 4. The Kier molecular flexibility index (Phi) is 4.06. The predicted molar refractivity (Wildman–Crippen MR) is 77.7 cm³/mol. The zero-order valence-corrected chi connectivity index (χ0v) is 12.2.